The van der Waals surface area contributed by atoms with Crippen molar-refractivity contribution in [3.63, 3.8) is 0 Å². The molecule has 17 heavy (non-hydrogen) atoms. The van der Waals surface area contributed by atoms with E-state index in [1.807, 2.05) is 0 Å². The second-order valence-electron chi connectivity index (χ2n) is 6.78. The van der Waals surface area contributed by atoms with E-state index in [0.29, 0.717) is 0 Å². The van der Waals surface area contributed by atoms with Crippen LogP contribution in [0.15, 0.2) is 0 Å². The van der Waals surface area contributed by atoms with Crippen LogP contribution in [-0.4, -0.2) is 0 Å². The lowest BCUT2D eigenvalue weighted by atomic mass is 9.69. The predicted octanol–water partition coefficient (Wildman–Crippen LogP) is 5.81. The fourth-order valence-electron chi connectivity index (χ4n) is 4.62. The Kier molecular flexibility index (Phi) is 5.38. The Morgan fingerprint density at radius 2 is 1.59 bits per heavy atom. The lowest BCUT2D eigenvalue weighted by Gasteiger charge is -2.37. The second-order valence-corrected chi connectivity index (χ2v) is 6.78. The molecule has 0 aliphatic heterocycles. The minimum atomic E-state index is 1.06. The van der Waals surface area contributed by atoms with E-state index in [2.05, 4.69) is 13.8 Å². The van der Waals surface area contributed by atoms with Crippen LogP contribution in [0.25, 0.3) is 0 Å². The molecule has 0 radical (unpaired) electrons. The van der Waals surface area contributed by atoms with Crippen LogP contribution < -0.4 is 0 Å². The summed E-state index contributed by atoms with van der Waals surface area (Å²) in [6.07, 6.45) is 16.7. The van der Waals surface area contributed by atoms with Crippen molar-refractivity contribution in [2.75, 3.05) is 0 Å². The van der Waals surface area contributed by atoms with Gasteiger partial charge in [0.05, 0.1) is 0 Å². The maximum atomic E-state index is 2.41. The molecule has 0 N–H and O–H groups in total. The van der Waals surface area contributed by atoms with Crippen LogP contribution in [0, 0.1) is 23.7 Å². The van der Waals surface area contributed by atoms with E-state index in [1.165, 1.54) is 32.1 Å². The molecule has 3 unspecified atom stereocenters. The summed E-state index contributed by atoms with van der Waals surface area (Å²) in [6, 6.07) is 0. The smallest absolute Gasteiger partial charge is 0.0383 e. The van der Waals surface area contributed by atoms with E-state index < -0.39 is 0 Å². The Hall–Kier alpha value is 0. The molecule has 2 aliphatic carbocycles. The largest absolute Gasteiger partial charge is 0.0654 e. The van der Waals surface area contributed by atoms with E-state index in [1.54, 1.807) is 38.5 Å². The Labute approximate surface area is 109 Å². The topological polar surface area (TPSA) is 0 Å². The van der Waals surface area contributed by atoms with Crippen molar-refractivity contribution in [3.8, 4) is 0 Å². The van der Waals surface area contributed by atoms with Crippen LogP contribution >= 0.6 is 0 Å². The van der Waals surface area contributed by atoms with Gasteiger partial charge in [0, 0.05) is 0 Å². The maximum Gasteiger partial charge on any atom is -0.0383 e. The van der Waals surface area contributed by atoms with Gasteiger partial charge >= 0.3 is 0 Å². The predicted molar refractivity (Wildman–Crippen MR) is 76.1 cm³/mol. The van der Waals surface area contributed by atoms with E-state index >= 15 is 0 Å². The molecule has 0 amide bonds. The molecule has 100 valence electrons. The van der Waals surface area contributed by atoms with Gasteiger partial charge in [-0.15, -0.1) is 0 Å². The Balaban J connectivity index is 1.80. The SMILES string of the molecule is CCCC1CC(CC2CCCC2)CCC1CC. The Morgan fingerprint density at radius 1 is 0.824 bits per heavy atom. The average Bonchev–Trinajstić information content (AvgIpc) is 2.83. The summed E-state index contributed by atoms with van der Waals surface area (Å²) in [5.74, 6) is 4.35. The molecule has 3 atom stereocenters. The molecule has 0 heterocycles. The minimum Gasteiger partial charge on any atom is -0.0654 e. The molecule has 0 saturated heterocycles. The molecule has 0 bridgehead atoms. The second kappa shape index (κ2) is 6.81. The summed E-state index contributed by atoms with van der Waals surface area (Å²) >= 11 is 0. The molecule has 0 heteroatoms. The highest BCUT2D eigenvalue weighted by molar-refractivity contribution is 4.82. The van der Waals surface area contributed by atoms with Gasteiger partial charge in [0.15, 0.2) is 0 Å². The van der Waals surface area contributed by atoms with Crippen LogP contribution in [0.1, 0.15) is 84.5 Å². The van der Waals surface area contributed by atoms with Gasteiger partial charge in [-0.05, 0) is 42.9 Å². The summed E-state index contributed by atoms with van der Waals surface area (Å²) in [5.41, 5.74) is 0. The fraction of sp³-hybridized carbons (Fsp3) is 1.00. The molecule has 2 aliphatic rings. The zero-order valence-electron chi connectivity index (χ0n) is 12.1. The third kappa shape index (κ3) is 3.73. The first-order valence-electron chi connectivity index (χ1n) is 8.33. The summed E-state index contributed by atoms with van der Waals surface area (Å²) in [7, 11) is 0. The standard InChI is InChI=1S/C17H32/c1-3-7-17-13-15(10-11-16(17)4-2)12-14-8-5-6-9-14/h14-17H,3-13H2,1-2H3. The summed E-state index contributed by atoms with van der Waals surface area (Å²) in [5, 5.41) is 0. The molecule has 2 saturated carbocycles. The number of hydrogen-bond donors (Lipinski definition) is 0. The molecule has 0 spiro atoms. The molecule has 0 nitrogen and oxygen atoms in total. The van der Waals surface area contributed by atoms with Crippen LogP contribution in [0.2, 0.25) is 0 Å². The number of hydrogen-bond acceptors (Lipinski definition) is 0. The zero-order valence-corrected chi connectivity index (χ0v) is 12.1. The van der Waals surface area contributed by atoms with Gasteiger partial charge in [-0.3, -0.25) is 0 Å². The van der Waals surface area contributed by atoms with Crippen molar-refractivity contribution in [1.82, 2.24) is 0 Å². The highest BCUT2D eigenvalue weighted by Crippen LogP contribution is 2.42. The minimum absolute atomic E-state index is 1.06. The highest BCUT2D eigenvalue weighted by atomic mass is 14.4. The fourth-order valence-corrected chi connectivity index (χ4v) is 4.62. The quantitative estimate of drug-likeness (QED) is 0.565. The normalized spacial score (nSPS) is 35.3. The van der Waals surface area contributed by atoms with E-state index in [9.17, 15) is 0 Å². The Bertz CT molecular complexity index is 202. The summed E-state index contributed by atoms with van der Waals surface area (Å²) in [6.45, 7) is 4.78. The summed E-state index contributed by atoms with van der Waals surface area (Å²) in [4.78, 5) is 0. The first kappa shape index (κ1) is 13.4. The van der Waals surface area contributed by atoms with Gasteiger partial charge < -0.3 is 0 Å². The zero-order chi connectivity index (χ0) is 12.1. The molecular formula is C17H32. The average molecular weight is 236 g/mol. The molecule has 0 aromatic heterocycles. The van der Waals surface area contributed by atoms with Crippen molar-refractivity contribution in [2.45, 2.75) is 84.5 Å². The summed E-state index contributed by atoms with van der Waals surface area (Å²) < 4.78 is 0. The lowest BCUT2D eigenvalue weighted by Crippen LogP contribution is -2.25. The van der Waals surface area contributed by atoms with Gasteiger partial charge in [0.25, 0.3) is 0 Å². The maximum absolute atomic E-state index is 2.41. The van der Waals surface area contributed by atoms with Crippen molar-refractivity contribution >= 4 is 0 Å². The monoisotopic (exact) mass is 236 g/mol. The van der Waals surface area contributed by atoms with Crippen LogP contribution in [-0.2, 0) is 0 Å². The third-order valence-electron chi connectivity index (χ3n) is 5.57. The van der Waals surface area contributed by atoms with Crippen molar-refractivity contribution in [3.05, 3.63) is 0 Å². The van der Waals surface area contributed by atoms with Gasteiger partial charge in [-0.25, -0.2) is 0 Å². The molecule has 2 fully saturated rings. The van der Waals surface area contributed by atoms with Crippen molar-refractivity contribution in [2.24, 2.45) is 23.7 Å². The van der Waals surface area contributed by atoms with Gasteiger partial charge in [-0.2, -0.15) is 0 Å². The van der Waals surface area contributed by atoms with Crippen molar-refractivity contribution < 1.29 is 0 Å². The molecule has 0 aromatic carbocycles. The van der Waals surface area contributed by atoms with E-state index in [0.717, 1.165) is 23.7 Å². The van der Waals surface area contributed by atoms with Crippen molar-refractivity contribution in [1.29, 1.82) is 0 Å². The molecular weight excluding hydrogens is 204 g/mol. The highest BCUT2D eigenvalue weighted by Gasteiger charge is 2.30. The van der Waals surface area contributed by atoms with E-state index in [4.69, 9.17) is 0 Å². The lowest BCUT2D eigenvalue weighted by molar-refractivity contribution is 0.146. The van der Waals surface area contributed by atoms with E-state index in [-0.39, 0.29) is 0 Å². The van der Waals surface area contributed by atoms with Crippen LogP contribution in [0.3, 0.4) is 0 Å². The van der Waals surface area contributed by atoms with Gasteiger partial charge in [0.2, 0.25) is 0 Å². The van der Waals surface area contributed by atoms with Gasteiger partial charge in [-0.1, -0.05) is 65.2 Å². The Morgan fingerprint density at radius 3 is 2.24 bits per heavy atom. The van der Waals surface area contributed by atoms with Crippen LogP contribution in [0.4, 0.5) is 0 Å². The third-order valence-corrected chi connectivity index (χ3v) is 5.57. The first-order chi connectivity index (χ1) is 8.33. The number of rotatable bonds is 5. The van der Waals surface area contributed by atoms with Gasteiger partial charge in [0.1, 0.15) is 0 Å². The molecule has 2 rings (SSSR count). The van der Waals surface area contributed by atoms with Crippen LogP contribution in [0.5, 0.6) is 0 Å². The first-order valence-corrected chi connectivity index (χ1v) is 8.33. The molecule has 0 aromatic rings.